The molecule has 0 spiro atoms. The number of nitrogens with zero attached hydrogens (tertiary/aromatic N) is 4. The standard InChI is InChI=1S/C19H20N6O3S/c1-27-15-4-2-3-13(11-15)22-19-24-23-18(28-19)17(26)21-14-5-6-16(20-12-14)25-7-9-29-10-8-25/h2-6,11-12H,7-10H2,1H3,(H,21,26)(H,22,24). The van der Waals surface area contributed by atoms with Crippen molar-refractivity contribution in [3.05, 3.63) is 48.5 Å². The number of pyridine rings is 1. The third-order valence-electron chi connectivity index (χ3n) is 4.28. The van der Waals surface area contributed by atoms with Gasteiger partial charge in [-0.15, -0.1) is 5.10 Å². The van der Waals surface area contributed by atoms with E-state index in [1.807, 2.05) is 42.1 Å². The number of methoxy groups -OCH3 is 1. The van der Waals surface area contributed by atoms with Crippen molar-refractivity contribution in [2.75, 3.05) is 47.2 Å². The minimum absolute atomic E-state index is 0.111. The van der Waals surface area contributed by atoms with Crippen LogP contribution >= 0.6 is 11.8 Å². The van der Waals surface area contributed by atoms with Crippen molar-refractivity contribution in [1.29, 1.82) is 0 Å². The normalized spacial score (nSPS) is 13.8. The number of benzene rings is 1. The van der Waals surface area contributed by atoms with Crippen molar-refractivity contribution in [1.82, 2.24) is 15.2 Å². The molecule has 1 aliphatic heterocycles. The lowest BCUT2D eigenvalue weighted by atomic mass is 10.3. The molecule has 0 radical (unpaired) electrons. The summed E-state index contributed by atoms with van der Waals surface area (Å²) in [6, 6.07) is 11.1. The van der Waals surface area contributed by atoms with E-state index < -0.39 is 5.91 Å². The largest absolute Gasteiger partial charge is 0.497 e. The highest BCUT2D eigenvalue weighted by molar-refractivity contribution is 7.99. The zero-order valence-corrected chi connectivity index (χ0v) is 16.6. The third-order valence-corrected chi connectivity index (χ3v) is 5.22. The summed E-state index contributed by atoms with van der Waals surface area (Å²) < 4.78 is 10.6. The van der Waals surface area contributed by atoms with Crippen LogP contribution in [0.4, 0.5) is 23.2 Å². The quantitative estimate of drug-likeness (QED) is 0.632. The van der Waals surface area contributed by atoms with Gasteiger partial charge in [0.05, 0.1) is 19.0 Å². The number of carbonyl (C=O) groups is 1. The fourth-order valence-electron chi connectivity index (χ4n) is 2.81. The molecule has 0 aliphatic carbocycles. The van der Waals surface area contributed by atoms with Crippen molar-refractivity contribution in [2.45, 2.75) is 0 Å². The average molecular weight is 412 g/mol. The number of anilines is 4. The van der Waals surface area contributed by atoms with E-state index in [1.165, 1.54) is 0 Å². The van der Waals surface area contributed by atoms with Crippen LogP contribution in [-0.2, 0) is 0 Å². The Morgan fingerprint density at radius 3 is 2.79 bits per heavy atom. The van der Waals surface area contributed by atoms with Crippen LogP contribution in [0.2, 0.25) is 0 Å². The van der Waals surface area contributed by atoms with E-state index in [0.29, 0.717) is 17.1 Å². The number of rotatable bonds is 6. The van der Waals surface area contributed by atoms with Gasteiger partial charge in [0.1, 0.15) is 11.6 Å². The van der Waals surface area contributed by atoms with Gasteiger partial charge in [-0.2, -0.15) is 11.8 Å². The monoisotopic (exact) mass is 412 g/mol. The summed E-state index contributed by atoms with van der Waals surface area (Å²) in [6.45, 7) is 1.96. The predicted molar refractivity (Wildman–Crippen MR) is 112 cm³/mol. The third kappa shape index (κ3) is 4.77. The first-order valence-electron chi connectivity index (χ1n) is 9.06. The van der Waals surface area contributed by atoms with E-state index in [4.69, 9.17) is 9.15 Å². The molecule has 1 aromatic carbocycles. The number of nitrogens with one attached hydrogen (secondary N) is 2. The molecule has 10 heteroatoms. The minimum Gasteiger partial charge on any atom is -0.497 e. The zero-order valence-electron chi connectivity index (χ0n) is 15.8. The Balaban J connectivity index is 1.37. The van der Waals surface area contributed by atoms with Gasteiger partial charge in [0.2, 0.25) is 0 Å². The van der Waals surface area contributed by atoms with Crippen LogP contribution in [-0.4, -0.2) is 52.8 Å². The SMILES string of the molecule is COc1cccc(Nc2nnc(C(=O)Nc3ccc(N4CCSCC4)nc3)o2)c1. The molecule has 9 nitrogen and oxygen atoms in total. The van der Waals surface area contributed by atoms with Gasteiger partial charge in [-0.05, 0) is 24.3 Å². The molecule has 0 atom stereocenters. The van der Waals surface area contributed by atoms with E-state index >= 15 is 0 Å². The number of hydrogen-bond donors (Lipinski definition) is 2. The van der Waals surface area contributed by atoms with E-state index in [0.717, 1.165) is 30.4 Å². The Labute approximate surface area is 171 Å². The van der Waals surface area contributed by atoms with Crippen LogP contribution in [0.15, 0.2) is 47.0 Å². The molecule has 2 N–H and O–H groups in total. The van der Waals surface area contributed by atoms with Crippen molar-refractivity contribution in [2.24, 2.45) is 0 Å². The maximum absolute atomic E-state index is 12.4. The first kappa shape index (κ1) is 19.1. The number of hydrogen-bond acceptors (Lipinski definition) is 9. The van der Waals surface area contributed by atoms with E-state index in [-0.39, 0.29) is 11.9 Å². The Morgan fingerprint density at radius 1 is 1.17 bits per heavy atom. The Hall–Kier alpha value is -3.27. The lowest BCUT2D eigenvalue weighted by Crippen LogP contribution is -2.33. The lowest BCUT2D eigenvalue weighted by molar-refractivity contribution is 0.0991. The highest BCUT2D eigenvalue weighted by atomic mass is 32.2. The van der Waals surface area contributed by atoms with Gasteiger partial charge in [0.15, 0.2) is 0 Å². The molecule has 1 saturated heterocycles. The first-order chi connectivity index (χ1) is 14.2. The summed E-state index contributed by atoms with van der Waals surface area (Å²) in [5, 5.41) is 13.3. The Morgan fingerprint density at radius 2 is 2.03 bits per heavy atom. The smallest absolute Gasteiger partial charge is 0.320 e. The molecule has 1 fully saturated rings. The molecule has 150 valence electrons. The first-order valence-corrected chi connectivity index (χ1v) is 10.2. The summed E-state index contributed by atoms with van der Waals surface area (Å²) in [5.74, 6) is 3.15. The van der Waals surface area contributed by atoms with E-state index in [2.05, 4.69) is 30.7 Å². The van der Waals surface area contributed by atoms with Gasteiger partial charge in [-0.1, -0.05) is 11.2 Å². The Bertz CT molecular complexity index is 972. The van der Waals surface area contributed by atoms with Crippen LogP contribution in [0.5, 0.6) is 5.75 Å². The molecule has 0 saturated carbocycles. The molecule has 29 heavy (non-hydrogen) atoms. The van der Waals surface area contributed by atoms with Gasteiger partial charge < -0.3 is 24.7 Å². The molecule has 3 heterocycles. The van der Waals surface area contributed by atoms with Crippen LogP contribution < -0.4 is 20.3 Å². The van der Waals surface area contributed by atoms with Crippen LogP contribution in [0.1, 0.15) is 10.7 Å². The second-order valence-electron chi connectivity index (χ2n) is 6.23. The highest BCUT2D eigenvalue weighted by Crippen LogP contribution is 2.21. The minimum atomic E-state index is -0.500. The second kappa shape index (κ2) is 8.82. The number of carbonyl (C=O) groups excluding carboxylic acids is 1. The fourth-order valence-corrected chi connectivity index (χ4v) is 3.72. The summed E-state index contributed by atoms with van der Waals surface area (Å²) in [7, 11) is 1.58. The molecule has 2 aromatic heterocycles. The molecule has 4 rings (SSSR count). The van der Waals surface area contributed by atoms with Crippen LogP contribution in [0.25, 0.3) is 0 Å². The molecular weight excluding hydrogens is 392 g/mol. The highest BCUT2D eigenvalue weighted by Gasteiger charge is 2.16. The van der Waals surface area contributed by atoms with Crippen molar-refractivity contribution in [3.8, 4) is 5.75 Å². The topological polar surface area (TPSA) is 105 Å². The number of thioether (sulfide) groups is 1. The molecule has 0 unspecified atom stereocenters. The number of amides is 1. The molecule has 1 aliphatic rings. The maximum atomic E-state index is 12.4. The van der Waals surface area contributed by atoms with Gasteiger partial charge in [0.25, 0.3) is 0 Å². The summed E-state index contributed by atoms with van der Waals surface area (Å²) in [6.07, 6.45) is 1.63. The van der Waals surface area contributed by atoms with Crippen LogP contribution in [0.3, 0.4) is 0 Å². The van der Waals surface area contributed by atoms with Gasteiger partial charge in [-0.25, -0.2) is 4.98 Å². The van der Waals surface area contributed by atoms with Crippen molar-refractivity contribution in [3.63, 3.8) is 0 Å². The van der Waals surface area contributed by atoms with Crippen molar-refractivity contribution >= 4 is 40.9 Å². The van der Waals surface area contributed by atoms with E-state index in [9.17, 15) is 4.79 Å². The van der Waals surface area contributed by atoms with Crippen molar-refractivity contribution < 1.29 is 13.9 Å². The van der Waals surface area contributed by atoms with Gasteiger partial charge in [0, 0.05) is 36.3 Å². The molecular formula is C19H20N6O3S. The fraction of sp³-hybridized carbons (Fsp3) is 0.263. The molecule has 1 amide bonds. The molecule has 3 aromatic rings. The summed E-state index contributed by atoms with van der Waals surface area (Å²) >= 11 is 1.95. The number of aromatic nitrogens is 3. The zero-order chi connectivity index (χ0) is 20.1. The second-order valence-corrected chi connectivity index (χ2v) is 7.45. The Kier molecular flexibility index (Phi) is 5.80. The summed E-state index contributed by atoms with van der Waals surface area (Å²) in [4.78, 5) is 19.0. The lowest BCUT2D eigenvalue weighted by Gasteiger charge is -2.27. The predicted octanol–water partition coefficient (Wildman–Crippen LogP) is 3.02. The van der Waals surface area contributed by atoms with Gasteiger partial charge >= 0.3 is 17.8 Å². The van der Waals surface area contributed by atoms with Crippen LogP contribution in [0, 0.1) is 0 Å². The average Bonchev–Trinajstić information content (AvgIpc) is 3.24. The maximum Gasteiger partial charge on any atom is 0.320 e. The summed E-state index contributed by atoms with van der Waals surface area (Å²) in [5.41, 5.74) is 1.27. The van der Waals surface area contributed by atoms with E-state index in [1.54, 1.807) is 19.4 Å². The number of ether oxygens (including phenoxy) is 1. The van der Waals surface area contributed by atoms with Gasteiger partial charge in [-0.3, -0.25) is 4.79 Å². The molecule has 0 bridgehead atoms.